The molecule has 0 radical (unpaired) electrons. The van der Waals surface area contributed by atoms with Gasteiger partial charge in [-0.1, -0.05) is 0 Å². The second-order valence-electron chi connectivity index (χ2n) is 5.76. The second-order valence-corrected chi connectivity index (χ2v) is 5.76. The van der Waals surface area contributed by atoms with Gasteiger partial charge in [0.2, 0.25) is 0 Å². The van der Waals surface area contributed by atoms with E-state index >= 15 is 0 Å². The molecular formula is C15H24N4O. The van der Waals surface area contributed by atoms with Crippen molar-refractivity contribution in [3.63, 3.8) is 0 Å². The largest absolute Gasteiger partial charge is 0.336 e. The molecule has 1 aliphatic heterocycles. The van der Waals surface area contributed by atoms with Crippen LogP contribution in [0.5, 0.6) is 0 Å². The Bertz CT molecular complexity index is 444. The third-order valence-electron chi connectivity index (χ3n) is 3.83. The van der Waals surface area contributed by atoms with E-state index in [9.17, 15) is 4.79 Å². The molecule has 1 atom stereocenters. The number of likely N-dealkylation sites (tertiary alicyclic amines) is 1. The van der Waals surface area contributed by atoms with Gasteiger partial charge in [0, 0.05) is 25.0 Å². The van der Waals surface area contributed by atoms with Crippen LogP contribution in [0.2, 0.25) is 0 Å². The first kappa shape index (κ1) is 14.9. The Hall–Kier alpha value is -1.49. The topological polar surface area (TPSA) is 49.3 Å². The first-order chi connectivity index (χ1) is 9.58. The minimum Gasteiger partial charge on any atom is -0.336 e. The summed E-state index contributed by atoms with van der Waals surface area (Å²) in [6.45, 7) is 3.69. The molecule has 2 rings (SSSR count). The summed E-state index contributed by atoms with van der Waals surface area (Å²) in [6.07, 6.45) is 7.73. The highest BCUT2D eigenvalue weighted by Gasteiger charge is 2.27. The Morgan fingerprint density at radius 2 is 2.05 bits per heavy atom. The molecule has 0 saturated carbocycles. The van der Waals surface area contributed by atoms with Crippen LogP contribution >= 0.6 is 0 Å². The molecule has 2 heterocycles. The third-order valence-corrected chi connectivity index (χ3v) is 3.83. The van der Waals surface area contributed by atoms with Gasteiger partial charge in [-0.25, -0.2) is 9.97 Å². The summed E-state index contributed by atoms with van der Waals surface area (Å²) in [7, 11) is 4.14. The Kier molecular flexibility index (Phi) is 5.06. The number of piperidine rings is 1. The van der Waals surface area contributed by atoms with Crippen LogP contribution in [0, 0.1) is 6.92 Å². The van der Waals surface area contributed by atoms with Crippen molar-refractivity contribution in [2.24, 2.45) is 0 Å². The predicted molar refractivity (Wildman–Crippen MR) is 78.6 cm³/mol. The molecule has 5 nitrogen and oxygen atoms in total. The van der Waals surface area contributed by atoms with E-state index in [1.54, 1.807) is 12.4 Å². The number of aromatic nitrogens is 2. The molecule has 5 heteroatoms. The van der Waals surface area contributed by atoms with Crippen molar-refractivity contribution in [3.05, 3.63) is 23.8 Å². The van der Waals surface area contributed by atoms with Gasteiger partial charge in [-0.2, -0.15) is 0 Å². The molecule has 1 aromatic rings. The zero-order valence-corrected chi connectivity index (χ0v) is 12.7. The Balaban J connectivity index is 2.06. The van der Waals surface area contributed by atoms with Gasteiger partial charge in [0.05, 0.1) is 5.56 Å². The second kappa shape index (κ2) is 6.79. The molecule has 0 N–H and O–H groups in total. The number of rotatable bonds is 4. The van der Waals surface area contributed by atoms with Crippen molar-refractivity contribution in [3.8, 4) is 0 Å². The van der Waals surface area contributed by atoms with Gasteiger partial charge in [0.1, 0.15) is 5.82 Å². The van der Waals surface area contributed by atoms with E-state index < -0.39 is 0 Å². The number of aryl methyl sites for hydroxylation is 1. The summed E-state index contributed by atoms with van der Waals surface area (Å²) in [5.74, 6) is 0.776. The number of carbonyl (C=O) groups excluding carboxylic acids is 1. The molecule has 0 unspecified atom stereocenters. The Morgan fingerprint density at radius 1 is 1.35 bits per heavy atom. The summed E-state index contributed by atoms with van der Waals surface area (Å²) in [4.78, 5) is 25.0. The van der Waals surface area contributed by atoms with Crippen LogP contribution in [0.1, 0.15) is 41.9 Å². The average Bonchev–Trinajstić information content (AvgIpc) is 2.45. The number of carbonyl (C=O) groups is 1. The lowest BCUT2D eigenvalue weighted by Crippen LogP contribution is -2.45. The number of amides is 1. The summed E-state index contributed by atoms with van der Waals surface area (Å²) < 4.78 is 0. The fraction of sp³-hybridized carbons (Fsp3) is 0.667. The van der Waals surface area contributed by atoms with Crippen molar-refractivity contribution < 1.29 is 4.79 Å². The zero-order chi connectivity index (χ0) is 14.5. The van der Waals surface area contributed by atoms with E-state index in [4.69, 9.17) is 0 Å². The molecule has 1 aliphatic rings. The van der Waals surface area contributed by atoms with Crippen molar-refractivity contribution in [2.45, 2.75) is 38.6 Å². The molecule has 1 fully saturated rings. The quantitative estimate of drug-likeness (QED) is 0.840. The highest BCUT2D eigenvalue weighted by Crippen LogP contribution is 2.21. The highest BCUT2D eigenvalue weighted by atomic mass is 16.2. The smallest absolute Gasteiger partial charge is 0.257 e. The van der Waals surface area contributed by atoms with Crippen LogP contribution < -0.4 is 0 Å². The van der Waals surface area contributed by atoms with Gasteiger partial charge in [-0.05, 0) is 53.2 Å². The lowest BCUT2D eigenvalue weighted by atomic mass is 9.98. The van der Waals surface area contributed by atoms with E-state index in [0.29, 0.717) is 17.4 Å². The zero-order valence-electron chi connectivity index (χ0n) is 12.7. The van der Waals surface area contributed by atoms with Crippen LogP contribution in [0.15, 0.2) is 12.4 Å². The maximum absolute atomic E-state index is 12.6. The van der Waals surface area contributed by atoms with Crippen LogP contribution in [0.3, 0.4) is 0 Å². The Morgan fingerprint density at radius 3 is 2.70 bits per heavy atom. The van der Waals surface area contributed by atoms with Gasteiger partial charge >= 0.3 is 0 Å². The summed E-state index contributed by atoms with van der Waals surface area (Å²) >= 11 is 0. The van der Waals surface area contributed by atoms with Gasteiger partial charge in [0.25, 0.3) is 5.91 Å². The van der Waals surface area contributed by atoms with Crippen molar-refractivity contribution >= 4 is 5.91 Å². The number of hydrogen-bond donors (Lipinski definition) is 0. The van der Waals surface area contributed by atoms with E-state index in [1.165, 1.54) is 6.42 Å². The van der Waals surface area contributed by atoms with Gasteiger partial charge in [0.15, 0.2) is 0 Å². The number of hydrogen-bond acceptors (Lipinski definition) is 4. The first-order valence-corrected chi connectivity index (χ1v) is 7.32. The summed E-state index contributed by atoms with van der Waals surface area (Å²) in [5, 5.41) is 0. The standard InChI is InChI=1S/C15H24N4O/c1-12-16-10-13(11-17-12)15(20)19-8-5-4-6-14(19)7-9-18(2)3/h10-11,14H,4-9H2,1-3H3/t14-/m1/s1. The molecule has 1 saturated heterocycles. The van der Waals surface area contributed by atoms with Crippen LogP contribution in [-0.2, 0) is 0 Å². The maximum Gasteiger partial charge on any atom is 0.257 e. The highest BCUT2D eigenvalue weighted by molar-refractivity contribution is 5.93. The van der Waals surface area contributed by atoms with E-state index in [-0.39, 0.29) is 5.91 Å². The van der Waals surface area contributed by atoms with Crippen molar-refractivity contribution in [1.82, 2.24) is 19.8 Å². The molecule has 0 spiro atoms. The lowest BCUT2D eigenvalue weighted by Gasteiger charge is -2.36. The van der Waals surface area contributed by atoms with Gasteiger partial charge < -0.3 is 9.80 Å². The molecule has 0 aliphatic carbocycles. The summed E-state index contributed by atoms with van der Waals surface area (Å²) in [5.41, 5.74) is 0.604. The molecular weight excluding hydrogens is 252 g/mol. The van der Waals surface area contributed by atoms with Crippen LogP contribution in [0.4, 0.5) is 0 Å². The van der Waals surface area contributed by atoms with E-state index in [2.05, 4.69) is 29.0 Å². The van der Waals surface area contributed by atoms with Crippen LogP contribution in [-0.4, -0.2) is 58.9 Å². The molecule has 0 aromatic carbocycles. The van der Waals surface area contributed by atoms with Crippen molar-refractivity contribution in [2.75, 3.05) is 27.2 Å². The summed E-state index contributed by atoms with van der Waals surface area (Å²) in [6, 6.07) is 0.347. The van der Waals surface area contributed by atoms with Crippen LogP contribution in [0.25, 0.3) is 0 Å². The fourth-order valence-electron chi connectivity index (χ4n) is 2.64. The third kappa shape index (κ3) is 3.76. The molecule has 0 bridgehead atoms. The molecule has 1 aromatic heterocycles. The van der Waals surface area contributed by atoms with Gasteiger partial charge in [-0.15, -0.1) is 0 Å². The SMILES string of the molecule is Cc1ncc(C(=O)N2CCCC[C@@H]2CCN(C)C)cn1. The minimum atomic E-state index is 0.0773. The molecule has 110 valence electrons. The van der Waals surface area contributed by atoms with Crippen molar-refractivity contribution in [1.29, 1.82) is 0 Å². The molecule has 20 heavy (non-hydrogen) atoms. The van der Waals surface area contributed by atoms with Gasteiger partial charge in [-0.3, -0.25) is 4.79 Å². The monoisotopic (exact) mass is 276 g/mol. The van der Waals surface area contributed by atoms with E-state index in [1.807, 2.05) is 11.8 Å². The predicted octanol–water partition coefficient (Wildman–Crippen LogP) is 1.73. The minimum absolute atomic E-state index is 0.0773. The molecule has 1 amide bonds. The lowest BCUT2D eigenvalue weighted by molar-refractivity contribution is 0.0590. The Labute approximate surface area is 121 Å². The van der Waals surface area contributed by atoms with E-state index in [0.717, 1.165) is 32.4 Å². The first-order valence-electron chi connectivity index (χ1n) is 7.32. The average molecular weight is 276 g/mol. The normalized spacial score (nSPS) is 19.4. The number of nitrogens with zero attached hydrogens (tertiary/aromatic N) is 4. The maximum atomic E-state index is 12.6. The fourth-order valence-corrected chi connectivity index (χ4v) is 2.64.